The number of carboxylic acid groups (broad SMARTS) is 2. The minimum atomic E-state index is -5.08. The number of anilines is 1. The Hall–Kier alpha value is -4.91. The van der Waals surface area contributed by atoms with Gasteiger partial charge in [-0.05, 0) is 30.7 Å². The van der Waals surface area contributed by atoms with E-state index in [9.17, 15) is 27.9 Å². The van der Waals surface area contributed by atoms with Crippen LogP contribution in [0.1, 0.15) is 32.6 Å². The molecule has 5 N–H and O–H groups in total. The molecule has 5 rings (SSSR count). The molecule has 1 unspecified atom stereocenters. The van der Waals surface area contributed by atoms with Gasteiger partial charge in [0, 0.05) is 23.2 Å². The molecule has 0 saturated heterocycles. The Morgan fingerprint density at radius 3 is 2.31 bits per heavy atom. The summed E-state index contributed by atoms with van der Waals surface area (Å²) in [6, 6.07) is 19.9. The minimum absolute atomic E-state index is 0.0797. The van der Waals surface area contributed by atoms with Gasteiger partial charge in [-0.25, -0.2) is 14.6 Å². The van der Waals surface area contributed by atoms with E-state index in [0.717, 1.165) is 11.1 Å². The molecule has 1 aliphatic rings. The third kappa shape index (κ3) is 5.38. The molecular formula is C26H21F3N4O6. The second-order valence-electron chi connectivity index (χ2n) is 8.65. The number of carboxylic acids is 1. The number of aryl methyl sites for hydroxylation is 1. The van der Waals surface area contributed by atoms with Crippen molar-refractivity contribution in [3.8, 4) is 0 Å². The van der Waals surface area contributed by atoms with Gasteiger partial charge in [0.1, 0.15) is 0 Å². The normalized spacial score (nSPS) is 16.4. The number of fused-ring (bicyclic) bond motifs is 2. The molecule has 3 aromatic carbocycles. The van der Waals surface area contributed by atoms with Gasteiger partial charge in [0.15, 0.2) is 5.72 Å². The number of hydrogen-bond acceptors (Lipinski definition) is 5. The van der Waals surface area contributed by atoms with Gasteiger partial charge < -0.3 is 20.3 Å². The molecule has 10 nitrogen and oxygen atoms in total. The highest BCUT2D eigenvalue weighted by Gasteiger charge is 2.49. The Kier molecular flexibility index (Phi) is 7.03. The largest absolute Gasteiger partial charge is 0.490 e. The van der Waals surface area contributed by atoms with Crippen molar-refractivity contribution in [1.29, 1.82) is 0 Å². The molecule has 0 bridgehead atoms. The van der Waals surface area contributed by atoms with E-state index in [-0.39, 0.29) is 18.4 Å². The van der Waals surface area contributed by atoms with Crippen molar-refractivity contribution in [2.24, 2.45) is 0 Å². The molecule has 4 aromatic rings. The molecule has 1 aromatic heterocycles. The van der Waals surface area contributed by atoms with Crippen LogP contribution in [0.4, 0.5) is 23.9 Å². The van der Waals surface area contributed by atoms with Crippen LogP contribution < -0.4 is 5.32 Å². The van der Waals surface area contributed by atoms with Crippen LogP contribution in [-0.2, 0) is 17.1 Å². The summed E-state index contributed by atoms with van der Waals surface area (Å²) in [5, 5.41) is 30.3. The lowest BCUT2D eigenvalue weighted by Gasteiger charge is -2.35. The third-order valence-electron chi connectivity index (χ3n) is 5.98. The number of amides is 2. The molecule has 13 heteroatoms. The lowest BCUT2D eigenvalue weighted by molar-refractivity contribution is -0.192. The third-order valence-corrected chi connectivity index (χ3v) is 5.98. The van der Waals surface area contributed by atoms with Crippen LogP contribution in [0.5, 0.6) is 0 Å². The smallest absolute Gasteiger partial charge is 0.475 e. The first-order valence-corrected chi connectivity index (χ1v) is 11.3. The Morgan fingerprint density at radius 1 is 1.05 bits per heavy atom. The summed E-state index contributed by atoms with van der Waals surface area (Å²) in [5.74, 6) is -2.94. The number of hydrogen-bond donors (Lipinski definition) is 5. The quantitative estimate of drug-likeness (QED) is 0.255. The van der Waals surface area contributed by atoms with Crippen LogP contribution in [0.2, 0.25) is 0 Å². The van der Waals surface area contributed by atoms with E-state index in [1.807, 2.05) is 31.2 Å². The average Bonchev–Trinajstić information content (AvgIpc) is 3.36. The average molecular weight is 542 g/mol. The molecule has 0 spiro atoms. The van der Waals surface area contributed by atoms with Crippen molar-refractivity contribution in [2.45, 2.75) is 25.4 Å². The van der Waals surface area contributed by atoms with Crippen molar-refractivity contribution in [3.05, 3.63) is 94.5 Å². The van der Waals surface area contributed by atoms with Gasteiger partial charge in [-0.3, -0.25) is 15.0 Å². The second-order valence-corrected chi connectivity index (χ2v) is 8.65. The molecule has 0 radical (unpaired) electrons. The number of aliphatic hydroxyl groups is 1. The number of nitrogens with zero attached hydrogens (tertiary/aromatic N) is 2. The number of nitrogens with one attached hydrogen (secondary N) is 2. The number of carbonyl (C=O) groups excluding carboxylic acids is 1. The van der Waals surface area contributed by atoms with Crippen molar-refractivity contribution < 1.29 is 42.9 Å². The van der Waals surface area contributed by atoms with Gasteiger partial charge in [0.2, 0.25) is 5.95 Å². The van der Waals surface area contributed by atoms with E-state index >= 15 is 0 Å². The van der Waals surface area contributed by atoms with E-state index in [0.29, 0.717) is 27.7 Å². The first-order chi connectivity index (χ1) is 18.3. The predicted octanol–water partition coefficient (Wildman–Crippen LogP) is 4.44. The zero-order valence-corrected chi connectivity index (χ0v) is 20.2. The number of carbonyl (C=O) groups is 3. The minimum Gasteiger partial charge on any atom is -0.475 e. The molecule has 2 heterocycles. The number of benzene rings is 3. The van der Waals surface area contributed by atoms with Crippen molar-refractivity contribution in [1.82, 2.24) is 14.9 Å². The number of aliphatic carboxylic acids is 1. The first-order valence-electron chi connectivity index (χ1n) is 11.3. The fraction of sp³-hybridized carbons (Fsp3) is 0.154. The summed E-state index contributed by atoms with van der Waals surface area (Å²) >= 11 is 0. The summed E-state index contributed by atoms with van der Waals surface area (Å²) in [4.78, 5) is 41.7. The maximum Gasteiger partial charge on any atom is 0.490 e. The molecule has 1 atom stereocenters. The van der Waals surface area contributed by atoms with E-state index in [4.69, 9.17) is 15.0 Å². The molecule has 0 aliphatic carbocycles. The fourth-order valence-electron chi connectivity index (χ4n) is 4.17. The number of aromatic amines is 1. The Labute approximate surface area is 218 Å². The van der Waals surface area contributed by atoms with Crippen LogP contribution in [0, 0.1) is 6.92 Å². The van der Waals surface area contributed by atoms with Gasteiger partial charge in [0.05, 0.1) is 11.0 Å². The van der Waals surface area contributed by atoms with Crippen molar-refractivity contribution in [3.63, 3.8) is 0 Å². The summed E-state index contributed by atoms with van der Waals surface area (Å²) in [5.41, 5.74) is 2.79. The number of H-pyrrole nitrogens is 1. The topological polar surface area (TPSA) is 156 Å². The van der Waals surface area contributed by atoms with Crippen molar-refractivity contribution >= 4 is 35.0 Å². The maximum atomic E-state index is 13.3. The van der Waals surface area contributed by atoms with Gasteiger partial charge in [-0.2, -0.15) is 13.2 Å². The van der Waals surface area contributed by atoms with Gasteiger partial charge in [-0.15, -0.1) is 0 Å². The first kappa shape index (κ1) is 27.1. The number of aromatic nitrogens is 2. The molecule has 0 saturated carbocycles. The number of halogens is 3. The molecular weight excluding hydrogens is 521 g/mol. The number of alkyl halides is 3. The lowest BCUT2D eigenvalue weighted by atomic mass is 9.93. The predicted molar refractivity (Wildman–Crippen MR) is 132 cm³/mol. The fourth-order valence-corrected chi connectivity index (χ4v) is 4.17. The summed E-state index contributed by atoms with van der Waals surface area (Å²) in [7, 11) is 0. The van der Waals surface area contributed by atoms with E-state index in [1.54, 1.807) is 42.5 Å². The van der Waals surface area contributed by atoms with E-state index in [1.165, 1.54) is 4.90 Å². The second kappa shape index (κ2) is 10.1. The lowest BCUT2D eigenvalue weighted by Crippen LogP contribution is -2.44. The van der Waals surface area contributed by atoms with Crippen LogP contribution >= 0.6 is 0 Å². The highest BCUT2D eigenvalue weighted by atomic mass is 19.4. The molecule has 1 aliphatic heterocycles. The van der Waals surface area contributed by atoms with Crippen LogP contribution in [0.15, 0.2) is 66.7 Å². The molecule has 0 fully saturated rings. The SMILES string of the molecule is Cc1ccc(CN2C(=O)c3ccccc3C2(O)c2ccc3nc(NC(=O)O)[nH]c3c2)cc1.O=C(O)C(F)(F)F. The van der Waals surface area contributed by atoms with Gasteiger partial charge >= 0.3 is 18.2 Å². The highest BCUT2D eigenvalue weighted by molar-refractivity contribution is 6.00. The highest BCUT2D eigenvalue weighted by Crippen LogP contribution is 2.43. The summed E-state index contributed by atoms with van der Waals surface area (Å²) in [6.07, 6.45) is -6.32. The zero-order chi connectivity index (χ0) is 28.5. The summed E-state index contributed by atoms with van der Waals surface area (Å²) in [6.45, 7) is 2.21. The van der Waals surface area contributed by atoms with Crippen LogP contribution in [0.25, 0.3) is 11.0 Å². The van der Waals surface area contributed by atoms with Crippen LogP contribution in [0.3, 0.4) is 0 Å². The standard InChI is InChI=1S/C24H20N4O4.C2HF3O2/c1-14-6-8-15(9-7-14)13-28-21(29)17-4-2-3-5-18(17)24(28,32)16-10-11-19-20(12-16)26-22(25-19)27-23(30)31;3-2(4,5)1(6)7/h2-12,32H,13H2,1H3,(H,30,31)(H2,25,26,27);(H,6,7). The number of rotatable bonds is 4. The Morgan fingerprint density at radius 2 is 1.69 bits per heavy atom. The van der Waals surface area contributed by atoms with E-state index in [2.05, 4.69) is 15.3 Å². The number of imidazole rings is 1. The van der Waals surface area contributed by atoms with E-state index < -0.39 is 24.0 Å². The van der Waals surface area contributed by atoms with Gasteiger partial charge in [-0.1, -0.05) is 54.1 Å². The van der Waals surface area contributed by atoms with Crippen LogP contribution in [-0.4, -0.2) is 54.3 Å². The summed E-state index contributed by atoms with van der Waals surface area (Å²) < 4.78 is 31.7. The Balaban J connectivity index is 0.000000448. The molecule has 202 valence electrons. The maximum absolute atomic E-state index is 13.3. The monoisotopic (exact) mass is 542 g/mol. The molecule has 2 amide bonds. The van der Waals surface area contributed by atoms with Gasteiger partial charge in [0.25, 0.3) is 5.91 Å². The van der Waals surface area contributed by atoms with Crippen molar-refractivity contribution in [2.75, 3.05) is 5.32 Å². The molecule has 39 heavy (non-hydrogen) atoms. The zero-order valence-electron chi connectivity index (χ0n) is 20.2. The Bertz CT molecular complexity index is 1570.